The van der Waals surface area contributed by atoms with Crippen LogP contribution in [-0.2, 0) is 19.1 Å². The summed E-state index contributed by atoms with van der Waals surface area (Å²) in [7, 11) is 0. The summed E-state index contributed by atoms with van der Waals surface area (Å²) in [6.45, 7) is 9.43. The van der Waals surface area contributed by atoms with E-state index in [1.807, 2.05) is 13.8 Å². The van der Waals surface area contributed by atoms with E-state index in [0.29, 0.717) is 18.5 Å². The van der Waals surface area contributed by atoms with Gasteiger partial charge in [-0.05, 0) is 57.2 Å². The summed E-state index contributed by atoms with van der Waals surface area (Å²) >= 11 is 0. The number of nitrogens with two attached hydrogens (primary N) is 1. The first-order valence-electron chi connectivity index (χ1n) is 12.0. The third kappa shape index (κ3) is 8.45. The average Bonchev–Trinajstić information content (AvgIpc) is 3.46. The Labute approximate surface area is 206 Å². The molecular formula is C25H38N4O6. The Kier molecular flexibility index (Phi) is 9.50. The Morgan fingerprint density at radius 3 is 2.29 bits per heavy atom. The maximum atomic E-state index is 13.8. The highest BCUT2D eigenvalue weighted by Gasteiger charge is 2.48. The molecule has 4 unspecified atom stereocenters. The highest BCUT2D eigenvalue weighted by molar-refractivity contribution is 5.95. The van der Waals surface area contributed by atoms with Crippen molar-refractivity contribution in [3.63, 3.8) is 0 Å². The summed E-state index contributed by atoms with van der Waals surface area (Å²) in [6, 6.07) is 3.45. The van der Waals surface area contributed by atoms with E-state index in [-0.39, 0.29) is 23.6 Å². The third-order valence-corrected chi connectivity index (χ3v) is 5.64. The second-order valence-electron chi connectivity index (χ2n) is 10.0. The van der Waals surface area contributed by atoms with Gasteiger partial charge in [0.25, 0.3) is 0 Å². The molecule has 194 valence electrons. The molecule has 1 aliphatic carbocycles. The summed E-state index contributed by atoms with van der Waals surface area (Å²) in [4.78, 5) is 52.9. The average molecular weight is 491 g/mol. The molecule has 0 aromatic heterocycles. The first kappa shape index (κ1) is 27.9. The third-order valence-electron chi connectivity index (χ3n) is 5.64. The van der Waals surface area contributed by atoms with Gasteiger partial charge in [0, 0.05) is 12.6 Å². The molecule has 1 aromatic rings. The van der Waals surface area contributed by atoms with Crippen LogP contribution >= 0.6 is 0 Å². The van der Waals surface area contributed by atoms with E-state index in [0.717, 1.165) is 12.8 Å². The lowest BCUT2D eigenvalue weighted by molar-refractivity contribution is -0.144. The van der Waals surface area contributed by atoms with Crippen molar-refractivity contribution in [2.45, 2.75) is 84.0 Å². The molecule has 1 aliphatic rings. The lowest BCUT2D eigenvalue weighted by atomic mass is 10.0. The Bertz CT molecular complexity index is 912. The summed E-state index contributed by atoms with van der Waals surface area (Å²) in [5.41, 5.74) is 5.07. The zero-order valence-electron chi connectivity index (χ0n) is 21.2. The maximum absolute atomic E-state index is 13.8. The Morgan fingerprint density at radius 1 is 1.20 bits per heavy atom. The number of alkyl carbamates (subject to hydrolysis) is 1. The van der Waals surface area contributed by atoms with E-state index in [9.17, 15) is 24.3 Å². The van der Waals surface area contributed by atoms with Crippen LogP contribution < -0.4 is 16.4 Å². The molecule has 0 bridgehead atoms. The second kappa shape index (κ2) is 11.9. The number of primary amides is 1. The predicted molar refractivity (Wildman–Crippen MR) is 130 cm³/mol. The highest BCUT2D eigenvalue weighted by Crippen LogP contribution is 2.41. The number of ether oxygens (including phenoxy) is 1. The SMILES string of the molecule is CCCCNC(=O)C(c1ccc(O)cc1)N(C(=O)C(CC(N)=O)NC(=O)OC(C)(C)C)C1CC1C. The Balaban J connectivity index is 2.44. The van der Waals surface area contributed by atoms with Crippen molar-refractivity contribution >= 4 is 23.8 Å². The fourth-order valence-corrected chi connectivity index (χ4v) is 3.78. The zero-order valence-corrected chi connectivity index (χ0v) is 21.2. The van der Waals surface area contributed by atoms with Crippen LogP contribution in [0.2, 0.25) is 0 Å². The minimum atomic E-state index is -1.31. The van der Waals surface area contributed by atoms with Crippen LogP contribution in [0, 0.1) is 5.92 Å². The van der Waals surface area contributed by atoms with Crippen LogP contribution in [-0.4, -0.2) is 58.1 Å². The van der Waals surface area contributed by atoms with E-state index in [1.54, 1.807) is 32.9 Å². The number of aromatic hydroxyl groups is 1. The van der Waals surface area contributed by atoms with E-state index in [1.165, 1.54) is 17.0 Å². The lowest BCUT2D eigenvalue weighted by Gasteiger charge is -2.35. The van der Waals surface area contributed by atoms with Gasteiger partial charge in [0.1, 0.15) is 23.4 Å². The first-order chi connectivity index (χ1) is 16.3. The van der Waals surface area contributed by atoms with Gasteiger partial charge in [0.2, 0.25) is 17.7 Å². The molecule has 0 radical (unpaired) electrons. The van der Waals surface area contributed by atoms with Gasteiger partial charge in [0.15, 0.2) is 0 Å². The molecule has 4 atom stereocenters. The van der Waals surface area contributed by atoms with Gasteiger partial charge in [-0.2, -0.15) is 0 Å². The topological polar surface area (TPSA) is 151 Å². The van der Waals surface area contributed by atoms with Crippen molar-refractivity contribution < 1.29 is 29.0 Å². The van der Waals surface area contributed by atoms with Crippen LogP contribution in [0.1, 0.15) is 71.9 Å². The smallest absolute Gasteiger partial charge is 0.408 e. The van der Waals surface area contributed by atoms with Gasteiger partial charge >= 0.3 is 6.09 Å². The molecular weight excluding hydrogens is 452 g/mol. The van der Waals surface area contributed by atoms with Crippen molar-refractivity contribution in [1.82, 2.24) is 15.5 Å². The summed E-state index contributed by atoms with van der Waals surface area (Å²) in [6.07, 6.45) is 1.00. The monoisotopic (exact) mass is 490 g/mol. The van der Waals surface area contributed by atoms with Crippen molar-refractivity contribution in [3.05, 3.63) is 29.8 Å². The van der Waals surface area contributed by atoms with Gasteiger partial charge in [-0.25, -0.2) is 4.79 Å². The molecule has 0 aliphatic heterocycles. The normalized spacial score (nSPS) is 18.7. The molecule has 2 rings (SSSR count). The lowest BCUT2D eigenvalue weighted by Crippen LogP contribution is -2.55. The fraction of sp³-hybridized carbons (Fsp3) is 0.600. The number of phenols is 1. The summed E-state index contributed by atoms with van der Waals surface area (Å²) in [5.74, 6) is -1.62. The molecule has 0 saturated heterocycles. The largest absolute Gasteiger partial charge is 0.508 e. The first-order valence-corrected chi connectivity index (χ1v) is 12.0. The zero-order chi connectivity index (χ0) is 26.3. The Morgan fingerprint density at radius 2 is 1.80 bits per heavy atom. The number of carbonyl (C=O) groups is 4. The second-order valence-corrected chi connectivity index (χ2v) is 10.0. The van der Waals surface area contributed by atoms with Crippen LogP contribution in [0.25, 0.3) is 0 Å². The number of amides is 4. The van der Waals surface area contributed by atoms with Crippen molar-refractivity contribution in [1.29, 1.82) is 0 Å². The van der Waals surface area contributed by atoms with Crippen LogP contribution in [0.5, 0.6) is 5.75 Å². The standard InChI is InChI=1S/C25H38N4O6/c1-6-7-12-27-22(32)21(16-8-10-17(30)11-9-16)29(19-13-15(19)2)23(33)18(14-20(26)31)28-24(34)35-25(3,4)5/h8-11,15,18-19,21,30H,6-7,12-14H2,1-5H3,(H2,26,31)(H,27,32)(H,28,34). The molecule has 10 heteroatoms. The number of hydrogen-bond donors (Lipinski definition) is 4. The summed E-state index contributed by atoms with van der Waals surface area (Å²) in [5, 5.41) is 15.1. The molecule has 35 heavy (non-hydrogen) atoms. The van der Waals surface area contributed by atoms with Gasteiger partial charge in [-0.1, -0.05) is 32.4 Å². The molecule has 1 aromatic carbocycles. The van der Waals surface area contributed by atoms with Crippen molar-refractivity contribution in [2.24, 2.45) is 11.7 Å². The van der Waals surface area contributed by atoms with Gasteiger partial charge in [-0.3, -0.25) is 14.4 Å². The van der Waals surface area contributed by atoms with E-state index >= 15 is 0 Å². The minimum absolute atomic E-state index is 0.0229. The van der Waals surface area contributed by atoms with E-state index in [2.05, 4.69) is 10.6 Å². The van der Waals surface area contributed by atoms with Crippen LogP contribution in [0.15, 0.2) is 24.3 Å². The molecule has 4 amide bonds. The minimum Gasteiger partial charge on any atom is -0.508 e. The van der Waals surface area contributed by atoms with Crippen molar-refractivity contribution in [2.75, 3.05) is 6.54 Å². The van der Waals surface area contributed by atoms with Gasteiger partial charge < -0.3 is 31.1 Å². The Hall–Kier alpha value is -3.30. The number of benzene rings is 1. The van der Waals surface area contributed by atoms with Crippen LogP contribution in [0.4, 0.5) is 4.79 Å². The quantitative estimate of drug-likeness (QED) is 0.350. The molecule has 1 saturated carbocycles. The number of hydrogen-bond acceptors (Lipinski definition) is 6. The number of rotatable bonds is 11. The highest BCUT2D eigenvalue weighted by atomic mass is 16.6. The number of unbranched alkanes of at least 4 members (excludes halogenated alkanes) is 1. The fourth-order valence-electron chi connectivity index (χ4n) is 3.78. The van der Waals surface area contributed by atoms with E-state index < -0.39 is 42.0 Å². The van der Waals surface area contributed by atoms with E-state index in [4.69, 9.17) is 10.5 Å². The summed E-state index contributed by atoms with van der Waals surface area (Å²) < 4.78 is 5.27. The van der Waals surface area contributed by atoms with Crippen molar-refractivity contribution in [3.8, 4) is 5.75 Å². The number of phenolic OH excluding ortho intramolecular Hbond substituents is 1. The molecule has 1 fully saturated rings. The number of nitrogens with zero attached hydrogens (tertiary/aromatic N) is 1. The van der Waals surface area contributed by atoms with Gasteiger partial charge in [0.05, 0.1) is 6.42 Å². The molecule has 0 spiro atoms. The number of nitrogens with one attached hydrogen (secondary N) is 2. The van der Waals surface area contributed by atoms with Gasteiger partial charge in [-0.15, -0.1) is 0 Å². The number of carbonyl (C=O) groups excluding carboxylic acids is 4. The van der Waals surface area contributed by atoms with Crippen LogP contribution in [0.3, 0.4) is 0 Å². The molecule has 0 heterocycles. The molecule has 5 N–H and O–H groups in total. The molecule has 10 nitrogen and oxygen atoms in total. The maximum Gasteiger partial charge on any atom is 0.408 e. The predicted octanol–water partition coefficient (Wildman–Crippen LogP) is 2.36.